The van der Waals surface area contributed by atoms with Crippen LogP contribution < -0.4 is 4.74 Å². The number of rotatable bonds is 4. The predicted molar refractivity (Wildman–Crippen MR) is 90.1 cm³/mol. The fraction of sp³-hybridized carbons (Fsp3) is 0.333. The highest BCUT2D eigenvalue weighted by molar-refractivity contribution is 9.10. The molecular formula is C18H21BrO2. The van der Waals surface area contributed by atoms with Gasteiger partial charge in [-0.2, -0.15) is 0 Å². The van der Waals surface area contributed by atoms with Crippen LogP contribution >= 0.6 is 15.9 Å². The van der Waals surface area contributed by atoms with Crippen molar-refractivity contribution in [3.05, 3.63) is 57.6 Å². The molecule has 0 spiro atoms. The number of ether oxygens (including phenoxy) is 1. The third-order valence-electron chi connectivity index (χ3n) is 3.54. The average Bonchev–Trinajstić information content (AvgIpc) is 2.42. The molecule has 0 amide bonds. The standard InChI is InChI=1S/C18H21BrO2/c1-11(2)14-6-5-12(3)18(10-14)21-17-8-7-15(13(4)20)9-16(17)19/h5-11,13,20H,1-4H3/t13-/m0/s1. The minimum Gasteiger partial charge on any atom is -0.456 e. The fourth-order valence-corrected chi connectivity index (χ4v) is 2.54. The molecule has 0 saturated heterocycles. The Kier molecular flexibility index (Phi) is 5.07. The number of aliphatic hydroxyl groups is 1. The maximum absolute atomic E-state index is 9.61. The summed E-state index contributed by atoms with van der Waals surface area (Å²) in [5.41, 5.74) is 3.22. The molecule has 3 heteroatoms. The molecule has 0 heterocycles. The molecule has 0 aliphatic rings. The summed E-state index contributed by atoms with van der Waals surface area (Å²) in [4.78, 5) is 0. The van der Waals surface area contributed by atoms with Gasteiger partial charge in [0.15, 0.2) is 0 Å². The number of aliphatic hydroxyl groups excluding tert-OH is 1. The molecule has 1 atom stereocenters. The first-order valence-corrected chi connectivity index (χ1v) is 7.93. The molecule has 2 rings (SSSR count). The van der Waals surface area contributed by atoms with E-state index in [1.807, 2.05) is 25.1 Å². The van der Waals surface area contributed by atoms with E-state index in [1.165, 1.54) is 5.56 Å². The van der Waals surface area contributed by atoms with Gasteiger partial charge in [0, 0.05) is 0 Å². The lowest BCUT2D eigenvalue weighted by Crippen LogP contribution is -1.95. The van der Waals surface area contributed by atoms with Gasteiger partial charge in [-0.05, 0) is 70.6 Å². The molecule has 21 heavy (non-hydrogen) atoms. The topological polar surface area (TPSA) is 29.5 Å². The van der Waals surface area contributed by atoms with Crippen molar-refractivity contribution in [2.75, 3.05) is 0 Å². The highest BCUT2D eigenvalue weighted by Crippen LogP contribution is 2.34. The number of halogens is 1. The van der Waals surface area contributed by atoms with Gasteiger partial charge < -0.3 is 9.84 Å². The first-order valence-electron chi connectivity index (χ1n) is 7.14. The lowest BCUT2D eigenvalue weighted by molar-refractivity contribution is 0.199. The Bertz CT molecular complexity index is 633. The Balaban J connectivity index is 2.32. The van der Waals surface area contributed by atoms with E-state index in [0.29, 0.717) is 5.92 Å². The van der Waals surface area contributed by atoms with Crippen LogP contribution in [0.25, 0.3) is 0 Å². The zero-order valence-corrected chi connectivity index (χ0v) is 14.4. The molecule has 0 saturated carbocycles. The summed E-state index contributed by atoms with van der Waals surface area (Å²) in [6.07, 6.45) is -0.485. The van der Waals surface area contributed by atoms with Crippen LogP contribution in [0, 0.1) is 6.92 Å². The Morgan fingerprint density at radius 1 is 0.952 bits per heavy atom. The quantitative estimate of drug-likeness (QED) is 0.764. The second-order valence-electron chi connectivity index (χ2n) is 5.65. The summed E-state index contributed by atoms with van der Waals surface area (Å²) in [6, 6.07) is 12.0. The second kappa shape index (κ2) is 6.63. The van der Waals surface area contributed by atoms with Crippen LogP contribution in [-0.4, -0.2) is 5.11 Å². The average molecular weight is 349 g/mol. The second-order valence-corrected chi connectivity index (χ2v) is 6.50. The summed E-state index contributed by atoms with van der Waals surface area (Å²) in [7, 11) is 0. The van der Waals surface area contributed by atoms with Crippen molar-refractivity contribution < 1.29 is 9.84 Å². The lowest BCUT2D eigenvalue weighted by Gasteiger charge is -2.14. The first-order chi connectivity index (χ1) is 9.88. The van der Waals surface area contributed by atoms with Crippen molar-refractivity contribution in [1.82, 2.24) is 0 Å². The van der Waals surface area contributed by atoms with E-state index in [0.717, 1.165) is 27.1 Å². The van der Waals surface area contributed by atoms with Crippen LogP contribution in [0.1, 0.15) is 49.5 Å². The third-order valence-corrected chi connectivity index (χ3v) is 4.16. The van der Waals surface area contributed by atoms with Crippen LogP contribution in [-0.2, 0) is 0 Å². The monoisotopic (exact) mass is 348 g/mol. The van der Waals surface area contributed by atoms with Gasteiger partial charge in [0.05, 0.1) is 10.6 Å². The van der Waals surface area contributed by atoms with Crippen LogP contribution in [0.5, 0.6) is 11.5 Å². The normalized spacial score (nSPS) is 12.5. The molecule has 0 aromatic heterocycles. The molecule has 112 valence electrons. The first kappa shape index (κ1) is 16.1. The van der Waals surface area contributed by atoms with Crippen molar-refractivity contribution >= 4 is 15.9 Å². The van der Waals surface area contributed by atoms with Gasteiger partial charge in [-0.25, -0.2) is 0 Å². The Morgan fingerprint density at radius 3 is 2.19 bits per heavy atom. The van der Waals surface area contributed by atoms with Crippen LogP contribution in [0.2, 0.25) is 0 Å². The molecule has 0 radical (unpaired) electrons. The molecule has 0 bridgehead atoms. The van der Waals surface area contributed by atoms with Gasteiger partial charge in [0.25, 0.3) is 0 Å². The molecule has 2 aromatic rings. The Hall–Kier alpha value is -1.32. The van der Waals surface area contributed by atoms with E-state index >= 15 is 0 Å². The maximum atomic E-state index is 9.61. The zero-order chi connectivity index (χ0) is 15.6. The highest BCUT2D eigenvalue weighted by atomic mass is 79.9. The van der Waals surface area contributed by atoms with Gasteiger partial charge in [0.1, 0.15) is 11.5 Å². The molecule has 0 unspecified atom stereocenters. The number of aryl methyl sites for hydroxylation is 1. The van der Waals surface area contributed by atoms with Gasteiger partial charge in [-0.1, -0.05) is 32.0 Å². The molecule has 0 fully saturated rings. The smallest absolute Gasteiger partial charge is 0.141 e. The third kappa shape index (κ3) is 3.86. The molecule has 2 nitrogen and oxygen atoms in total. The van der Waals surface area contributed by atoms with Crippen LogP contribution in [0.15, 0.2) is 40.9 Å². The van der Waals surface area contributed by atoms with E-state index < -0.39 is 6.10 Å². The Labute approximate surface area is 134 Å². The van der Waals surface area contributed by atoms with Gasteiger partial charge in [-0.15, -0.1) is 0 Å². The summed E-state index contributed by atoms with van der Waals surface area (Å²) >= 11 is 3.51. The molecule has 2 aromatic carbocycles. The van der Waals surface area contributed by atoms with Gasteiger partial charge >= 0.3 is 0 Å². The van der Waals surface area contributed by atoms with Crippen molar-refractivity contribution in [3.8, 4) is 11.5 Å². The van der Waals surface area contributed by atoms with Crippen LogP contribution in [0.4, 0.5) is 0 Å². The summed E-state index contributed by atoms with van der Waals surface area (Å²) in [6.45, 7) is 8.12. The summed E-state index contributed by atoms with van der Waals surface area (Å²) in [5.74, 6) is 2.09. The number of hydrogen-bond donors (Lipinski definition) is 1. The number of hydrogen-bond acceptors (Lipinski definition) is 2. The SMILES string of the molecule is Cc1ccc(C(C)C)cc1Oc1ccc([C@H](C)O)cc1Br. The van der Waals surface area contributed by atoms with Crippen LogP contribution in [0.3, 0.4) is 0 Å². The molecule has 0 aliphatic heterocycles. The molecular weight excluding hydrogens is 328 g/mol. The molecule has 1 N–H and O–H groups in total. The van der Waals surface area contributed by atoms with E-state index in [1.54, 1.807) is 6.92 Å². The van der Waals surface area contributed by atoms with Gasteiger partial charge in [0.2, 0.25) is 0 Å². The summed E-state index contributed by atoms with van der Waals surface area (Å²) < 4.78 is 6.88. The summed E-state index contributed by atoms with van der Waals surface area (Å²) in [5, 5.41) is 9.61. The van der Waals surface area contributed by atoms with E-state index in [2.05, 4.69) is 48.0 Å². The van der Waals surface area contributed by atoms with Crippen molar-refractivity contribution in [2.24, 2.45) is 0 Å². The fourth-order valence-electron chi connectivity index (χ4n) is 2.06. The van der Waals surface area contributed by atoms with E-state index in [9.17, 15) is 5.11 Å². The zero-order valence-electron chi connectivity index (χ0n) is 12.9. The lowest BCUT2D eigenvalue weighted by atomic mass is 10.0. The minimum atomic E-state index is -0.485. The van der Waals surface area contributed by atoms with Crippen molar-refractivity contribution in [2.45, 2.75) is 39.7 Å². The van der Waals surface area contributed by atoms with Crippen molar-refractivity contribution in [3.63, 3.8) is 0 Å². The van der Waals surface area contributed by atoms with E-state index in [-0.39, 0.29) is 0 Å². The number of benzene rings is 2. The minimum absolute atomic E-state index is 0.467. The predicted octanol–water partition coefficient (Wildman–Crippen LogP) is 5.73. The largest absolute Gasteiger partial charge is 0.456 e. The molecule has 0 aliphatic carbocycles. The maximum Gasteiger partial charge on any atom is 0.141 e. The Morgan fingerprint density at radius 2 is 1.62 bits per heavy atom. The van der Waals surface area contributed by atoms with E-state index in [4.69, 9.17) is 4.74 Å². The highest BCUT2D eigenvalue weighted by Gasteiger charge is 2.10. The van der Waals surface area contributed by atoms with Crippen molar-refractivity contribution in [1.29, 1.82) is 0 Å². The van der Waals surface area contributed by atoms with Gasteiger partial charge in [-0.3, -0.25) is 0 Å².